The highest BCUT2D eigenvalue weighted by atomic mass is 16.3. The number of rotatable bonds is 4. The molecule has 7 heteroatoms. The van der Waals surface area contributed by atoms with Crippen molar-refractivity contribution < 1.29 is 15.0 Å². The van der Waals surface area contributed by atoms with Crippen LogP contribution in [0.25, 0.3) is 5.69 Å². The number of phenols is 2. The van der Waals surface area contributed by atoms with Gasteiger partial charge in [-0.1, -0.05) is 18.2 Å². The summed E-state index contributed by atoms with van der Waals surface area (Å²) in [7, 11) is 0. The smallest absolute Gasteiger partial charge is 0.292 e. The van der Waals surface area contributed by atoms with Crippen molar-refractivity contribution in [3.8, 4) is 17.2 Å². The number of phenolic OH excluding ortho intramolecular Hbond substituents is 2. The minimum absolute atomic E-state index is 0.210. The van der Waals surface area contributed by atoms with Gasteiger partial charge in [-0.3, -0.25) is 4.79 Å². The van der Waals surface area contributed by atoms with Gasteiger partial charge in [-0.2, -0.15) is 10.2 Å². The van der Waals surface area contributed by atoms with Crippen LogP contribution in [0.5, 0.6) is 11.5 Å². The molecule has 0 spiro atoms. The number of carbonyl (C=O) groups excluding carboxylic acids is 1. The molecule has 3 aromatic rings. The van der Waals surface area contributed by atoms with Crippen LogP contribution in [-0.4, -0.2) is 32.1 Å². The summed E-state index contributed by atoms with van der Waals surface area (Å²) in [6, 6.07) is 14.0. The van der Waals surface area contributed by atoms with Crippen molar-refractivity contribution in [1.82, 2.24) is 15.2 Å². The summed E-state index contributed by atoms with van der Waals surface area (Å²) in [6.45, 7) is 0. The molecule has 7 nitrogen and oxygen atoms in total. The second kappa shape index (κ2) is 6.95. The van der Waals surface area contributed by atoms with Gasteiger partial charge in [-0.05, 0) is 55.2 Å². The zero-order valence-electron chi connectivity index (χ0n) is 14.5. The van der Waals surface area contributed by atoms with E-state index < -0.39 is 0 Å². The van der Waals surface area contributed by atoms with E-state index in [0.717, 1.165) is 36.2 Å². The number of hydrogen-bond donors (Lipinski definition) is 3. The first-order valence-corrected chi connectivity index (χ1v) is 8.65. The second-order valence-corrected chi connectivity index (χ2v) is 6.32. The summed E-state index contributed by atoms with van der Waals surface area (Å²) in [5.74, 6) is -0.829. The molecule has 1 aliphatic carbocycles. The Morgan fingerprint density at radius 3 is 2.70 bits per heavy atom. The minimum Gasteiger partial charge on any atom is -0.504 e. The molecule has 1 aromatic heterocycles. The second-order valence-electron chi connectivity index (χ2n) is 6.32. The highest BCUT2D eigenvalue weighted by molar-refractivity contribution is 5.95. The van der Waals surface area contributed by atoms with Gasteiger partial charge < -0.3 is 10.2 Å². The van der Waals surface area contributed by atoms with Crippen molar-refractivity contribution in [3.63, 3.8) is 0 Å². The largest absolute Gasteiger partial charge is 0.504 e. The van der Waals surface area contributed by atoms with E-state index in [1.807, 2.05) is 35.0 Å². The van der Waals surface area contributed by atoms with Crippen LogP contribution in [0, 0.1) is 0 Å². The van der Waals surface area contributed by atoms with Gasteiger partial charge in [0.05, 0.1) is 11.9 Å². The first-order valence-electron chi connectivity index (χ1n) is 8.65. The Kier molecular flexibility index (Phi) is 4.33. The normalized spacial score (nSPS) is 13.0. The van der Waals surface area contributed by atoms with Gasteiger partial charge in [-0.15, -0.1) is 0 Å². The number of fused-ring (bicyclic) bond motifs is 1. The fourth-order valence-corrected chi connectivity index (χ4v) is 3.24. The number of aromatic hydroxyl groups is 2. The average Bonchev–Trinajstić information content (AvgIpc) is 3.28. The number of hydrazone groups is 1. The summed E-state index contributed by atoms with van der Waals surface area (Å²) in [6.07, 6.45) is 4.10. The van der Waals surface area contributed by atoms with E-state index in [4.69, 9.17) is 0 Å². The first kappa shape index (κ1) is 16.8. The molecule has 0 saturated heterocycles. The summed E-state index contributed by atoms with van der Waals surface area (Å²) in [5.41, 5.74) is 6.38. The molecule has 1 aliphatic rings. The Balaban J connectivity index is 1.56. The number of nitrogens with zero attached hydrogens (tertiary/aromatic N) is 3. The average molecular weight is 362 g/mol. The first-order chi connectivity index (χ1) is 13.1. The number of amides is 1. The predicted molar refractivity (Wildman–Crippen MR) is 100 cm³/mol. The third kappa shape index (κ3) is 3.27. The van der Waals surface area contributed by atoms with Crippen LogP contribution >= 0.6 is 0 Å². The fourth-order valence-electron chi connectivity index (χ4n) is 3.24. The zero-order valence-corrected chi connectivity index (χ0v) is 14.5. The van der Waals surface area contributed by atoms with Crippen LogP contribution in [0.1, 0.15) is 33.7 Å². The molecular formula is C20H18N4O3. The van der Waals surface area contributed by atoms with Crippen LogP contribution in [0.15, 0.2) is 53.6 Å². The van der Waals surface area contributed by atoms with Crippen molar-refractivity contribution >= 4 is 12.1 Å². The molecule has 0 radical (unpaired) electrons. The Labute approximate surface area is 155 Å². The van der Waals surface area contributed by atoms with E-state index in [0.29, 0.717) is 11.3 Å². The number of benzene rings is 2. The molecule has 27 heavy (non-hydrogen) atoms. The Morgan fingerprint density at radius 2 is 1.93 bits per heavy atom. The lowest BCUT2D eigenvalue weighted by Crippen LogP contribution is -2.20. The molecule has 0 atom stereocenters. The molecule has 136 valence electrons. The van der Waals surface area contributed by atoms with Crippen LogP contribution in [0.4, 0.5) is 0 Å². The van der Waals surface area contributed by atoms with E-state index in [2.05, 4.69) is 15.6 Å². The number of carbonyl (C=O) groups is 1. The van der Waals surface area contributed by atoms with E-state index in [1.165, 1.54) is 18.3 Å². The molecule has 1 amide bonds. The zero-order chi connectivity index (χ0) is 18.8. The lowest BCUT2D eigenvalue weighted by Gasteiger charge is -2.04. The Bertz CT molecular complexity index is 1030. The summed E-state index contributed by atoms with van der Waals surface area (Å²) < 4.78 is 1.83. The molecule has 0 bridgehead atoms. The van der Waals surface area contributed by atoms with E-state index >= 15 is 0 Å². The summed E-state index contributed by atoms with van der Waals surface area (Å²) in [5, 5.41) is 27.2. The number of para-hydroxylation sites is 1. The van der Waals surface area contributed by atoms with Gasteiger partial charge >= 0.3 is 0 Å². The summed E-state index contributed by atoms with van der Waals surface area (Å²) in [4.78, 5) is 12.6. The fraction of sp³-hybridized carbons (Fsp3) is 0.150. The van der Waals surface area contributed by atoms with Crippen LogP contribution in [-0.2, 0) is 12.8 Å². The molecule has 2 aromatic carbocycles. The third-order valence-corrected chi connectivity index (χ3v) is 4.53. The van der Waals surface area contributed by atoms with Crippen molar-refractivity contribution in [2.45, 2.75) is 19.3 Å². The van der Waals surface area contributed by atoms with Crippen LogP contribution in [0.2, 0.25) is 0 Å². The molecule has 3 N–H and O–H groups in total. The quantitative estimate of drug-likeness (QED) is 0.377. The van der Waals surface area contributed by atoms with E-state index in [1.54, 1.807) is 6.07 Å². The maximum absolute atomic E-state index is 12.6. The van der Waals surface area contributed by atoms with Crippen molar-refractivity contribution in [3.05, 3.63) is 71.0 Å². The van der Waals surface area contributed by atoms with Gasteiger partial charge in [0, 0.05) is 11.3 Å². The third-order valence-electron chi connectivity index (χ3n) is 4.53. The molecule has 4 rings (SSSR count). The highest BCUT2D eigenvalue weighted by Gasteiger charge is 2.26. The van der Waals surface area contributed by atoms with Gasteiger partial charge in [0.1, 0.15) is 0 Å². The lowest BCUT2D eigenvalue weighted by atomic mass is 10.2. The standard InChI is InChI=1S/C20H18N4O3/c25-17-10-9-13(11-18(17)26)12-21-22-20(27)19-15-7-4-8-16(15)24(23-19)14-5-2-1-3-6-14/h1-3,5-6,9-12,25-26H,4,7-8H2,(H,22,27)/b21-12+. The van der Waals surface area contributed by atoms with Crippen LogP contribution < -0.4 is 5.43 Å². The number of aromatic nitrogens is 2. The molecule has 0 saturated carbocycles. The highest BCUT2D eigenvalue weighted by Crippen LogP contribution is 2.28. The molecule has 0 aliphatic heterocycles. The Hall–Kier alpha value is -3.61. The SMILES string of the molecule is O=C(N/N=C/c1ccc(O)c(O)c1)c1nn(-c2ccccc2)c2c1CCC2. The van der Waals surface area contributed by atoms with E-state index in [9.17, 15) is 15.0 Å². The minimum atomic E-state index is -0.373. The maximum Gasteiger partial charge on any atom is 0.292 e. The Morgan fingerprint density at radius 1 is 1.11 bits per heavy atom. The molecule has 0 fully saturated rings. The summed E-state index contributed by atoms with van der Waals surface area (Å²) >= 11 is 0. The van der Waals surface area contributed by atoms with E-state index in [-0.39, 0.29) is 17.4 Å². The molecule has 0 unspecified atom stereocenters. The van der Waals surface area contributed by atoms with Gasteiger partial charge in [-0.25, -0.2) is 10.1 Å². The van der Waals surface area contributed by atoms with Gasteiger partial charge in [0.15, 0.2) is 17.2 Å². The van der Waals surface area contributed by atoms with Crippen molar-refractivity contribution in [2.24, 2.45) is 5.10 Å². The van der Waals surface area contributed by atoms with Crippen molar-refractivity contribution in [2.75, 3.05) is 0 Å². The van der Waals surface area contributed by atoms with Crippen molar-refractivity contribution in [1.29, 1.82) is 0 Å². The van der Waals surface area contributed by atoms with Gasteiger partial charge in [0.25, 0.3) is 5.91 Å². The van der Waals surface area contributed by atoms with Gasteiger partial charge in [0.2, 0.25) is 0 Å². The lowest BCUT2D eigenvalue weighted by molar-refractivity contribution is 0.0949. The topological polar surface area (TPSA) is 99.7 Å². The monoisotopic (exact) mass is 362 g/mol. The number of hydrogen-bond acceptors (Lipinski definition) is 5. The maximum atomic E-state index is 12.6. The number of nitrogens with one attached hydrogen (secondary N) is 1. The van der Waals surface area contributed by atoms with Crippen LogP contribution in [0.3, 0.4) is 0 Å². The predicted octanol–water partition coefficient (Wildman–Crippen LogP) is 2.54. The molecule has 1 heterocycles. The molecular weight excluding hydrogens is 344 g/mol.